The van der Waals surface area contributed by atoms with Crippen molar-refractivity contribution in [3.8, 4) is 5.69 Å². The number of rotatable bonds is 3. The topological polar surface area (TPSA) is 66.0 Å². The van der Waals surface area contributed by atoms with Crippen molar-refractivity contribution in [1.82, 2.24) is 20.1 Å². The lowest BCUT2D eigenvalue weighted by Crippen LogP contribution is -2.43. The Morgan fingerprint density at radius 3 is 2.50 bits per heavy atom. The van der Waals surface area contributed by atoms with E-state index in [2.05, 4.69) is 51.5 Å². The molecule has 1 saturated heterocycles. The van der Waals surface area contributed by atoms with Crippen molar-refractivity contribution < 1.29 is 0 Å². The van der Waals surface area contributed by atoms with E-state index in [-0.39, 0.29) is 5.56 Å². The van der Waals surface area contributed by atoms with Gasteiger partial charge >= 0.3 is 0 Å². The second kappa shape index (κ2) is 6.80. The molecule has 0 amide bonds. The smallest absolute Gasteiger partial charge is 0.280 e. The zero-order valence-electron chi connectivity index (χ0n) is 15.9. The average molecular weight is 373 g/mol. The number of piperazine rings is 1. The fourth-order valence-corrected chi connectivity index (χ4v) is 3.93. The first kappa shape index (κ1) is 17.0. The molecule has 6 nitrogen and oxygen atoms in total. The number of aromatic nitrogens is 3. The van der Waals surface area contributed by atoms with Crippen LogP contribution in [0.15, 0.2) is 53.5 Å². The van der Waals surface area contributed by atoms with Crippen LogP contribution >= 0.6 is 0 Å². The summed E-state index contributed by atoms with van der Waals surface area (Å²) in [4.78, 5) is 19.9. The number of aryl methyl sites for hydroxylation is 1. The second-order valence-corrected chi connectivity index (χ2v) is 7.26. The van der Waals surface area contributed by atoms with Gasteiger partial charge in [0.1, 0.15) is 0 Å². The lowest BCUT2D eigenvalue weighted by atomic mass is 10.1. The summed E-state index contributed by atoms with van der Waals surface area (Å²) in [5.41, 5.74) is 4.92. The number of nitrogens with one attached hydrogen (secondary N) is 2. The Morgan fingerprint density at radius 2 is 1.75 bits per heavy atom. The highest BCUT2D eigenvalue weighted by Crippen LogP contribution is 2.26. The number of benzene rings is 2. The van der Waals surface area contributed by atoms with Gasteiger partial charge in [-0.15, -0.1) is 0 Å². The van der Waals surface area contributed by atoms with E-state index in [0.717, 1.165) is 54.7 Å². The largest absolute Gasteiger partial charge is 0.369 e. The minimum atomic E-state index is -0.0683. The number of pyridine rings is 1. The molecule has 4 aromatic rings. The van der Waals surface area contributed by atoms with Crippen LogP contribution in [0, 0.1) is 0 Å². The number of hydrogen-bond donors (Lipinski definition) is 2. The van der Waals surface area contributed by atoms with Crippen molar-refractivity contribution in [2.45, 2.75) is 13.3 Å². The Hall–Kier alpha value is -3.12. The summed E-state index contributed by atoms with van der Waals surface area (Å²) in [6, 6.07) is 14.4. The molecule has 3 heterocycles. The summed E-state index contributed by atoms with van der Waals surface area (Å²) in [5.74, 6) is 0. The van der Waals surface area contributed by atoms with Gasteiger partial charge < -0.3 is 10.2 Å². The number of anilines is 1. The van der Waals surface area contributed by atoms with Gasteiger partial charge in [0.2, 0.25) is 0 Å². The highest BCUT2D eigenvalue weighted by atomic mass is 16.1. The summed E-state index contributed by atoms with van der Waals surface area (Å²) in [5, 5.41) is 8.30. The molecule has 28 heavy (non-hydrogen) atoms. The monoisotopic (exact) mass is 373 g/mol. The van der Waals surface area contributed by atoms with Crippen LogP contribution in [0.25, 0.3) is 27.5 Å². The van der Waals surface area contributed by atoms with Crippen LogP contribution in [-0.4, -0.2) is 40.9 Å². The zero-order chi connectivity index (χ0) is 19.1. The minimum absolute atomic E-state index is 0.0683. The highest BCUT2D eigenvalue weighted by molar-refractivity contribution is 6.04. The minimum Gasteiger partial charge on any atom is -0.369 e. The molecule has 1 aliphatic heterocycles. The van der Waals surface area contributed by atoms with Crippen molar-refractivity contribution >= 4 is 27.5 Å². The molecule has 0 unspecified atom stereocenters. The summed E-state index contributed by atoms with van der Waals surface area (Å²) in [6.45, 7) is 6.06. The summed E-state index contributed by atoms with van der Waals surface area (Å²) < 4.78 is 1.61. The van der Waals surface area contributed by atoms with E-state index in [1.165, 1.54) is 11.3 Å². The Kier molecular flexibility index (Phi) is 4.13. The van der Waals surface area contributed by atoms with E-state index in [0.29, 0.717) is 5.39 Å². The number of aromatic amines is 1. The summed E-state index contributed by atoms with van der Waals surface area (Å²) in [6.07, 6.45) is 2.66. The molecule has 0 saturated carbocycles. The number of fused-ring (bicyclic) bond motifs is 3. The van der Waals surface area contributed by atoms with Crippen molar-refractivity contribution in [3.05, 3.63) is 64.6 Å². The molecule has 0 bridgehead atoms. The van der Waals surface area contributed by atoms with E-state index < -0.39 is 0 Å². The van der Waals surface area contributed by atoms with Crippen molar-refractivity contribution in [1.29, 1.82) is 0 Å². The van der Waals surface area contributed by atoms with Gasteiger partial charge in [-0.1, -0.05) is 19.1 Å². The fraction of sp³-hybridized carbons (Fsp3) is 0.273. The Morgan fingerprint density at radius 1 is 1.00 bits per heavy atom. The number of nitrogens with zero attached hydrogens (tertiary/aromatic N) is 3. The van der Waals surface area contributed by atoms with E-state index in [1.54, 1.807) is 10.9 Å². The molecule has 142 valence electrons. The van der Waals surface area contributed by atoms with Crippen LogP contribution in [0.1, 0.15) is 12.5 Å². The predicted molar refractivity (Wildman–Crippen MR) is 114 cm³/mol. The molecule has 2 aromatic carbocycles. The Labute approximate surface area is 162 Å². The molecule has 0 radical (unpaired) electrons. The van der Waals surface area contributed by atoms with Gasteiger partial charge in [0, 0.05) is 43.4 Å². The van der Waals surface area contributed by atoms with Gasteiger partial charge in [-0.2, -0.15) is 0 Å². The zero-order valence-corrected chi connectivity index (χ0v) is 15.9. The average Bonchev–Trinajstić information content (AvgIpc) is 3.11. The van der Waals surface area contributed by atoms with E-state index in [4.69, 9.17) is 0 Å². The molecule has 0 aliphatic carbocycles. The first-order chi connectivity index (χ1) is 13.7. The normalized spacial score (nSPS) is 14.8. The van der Waals surface area contributed by atoms with Gasteiger partial charge in [0.25, 0.3) is 5.56 Å². The van der Waals surface area contributed by atoms with Gasteiger partial charge in [-0.3, -0.25) is 14.9 Å². The number of hydrogen-bond acceptors (Lipinski definition) is 4. The third-order valence-corrected chi connectivity index (χ3v) is 5.59. The molecule has 2 aromatic heterocycles. The highest BCUT2D eigenvalue weighted by Gasteiger charge is 2.15. The first-order valence-electron chi connectivity index (χ1n) is 9.83. The predicted octanol–water partition coefficient (Wildman–Crippen LogP) is 2.84. The van der Waals surface area contributed by atoms with Crippen molar-refractivity contribution in [2.75, 3.05) is 31.1 Å². The Bertz CT molecular complexity index is 1200. The van der Waals surface area contributed by atoms with Crippen LogP contribution in [-0.2, 0) is 6.42 Å². The first-order valence-corrected chi connectivity index (χ1v) is 9.83. The molecular formula is C22H23N5O. The van der Waals surface area contributed by atoms with Gasteiger partial charge in [0.15, 0.2) is 0 Å². The standard InChI is InChI=1S/C22H23N5O/c1-2-15-3-5-16(6-4-15)27-22(28)19-14-24-20-8-7-17(13-18(20)21(19)25-27)26-11-9-23-10-12-26/h3-8,13-14,23,25H,2,9-12H2,1H3. The SMILES string of the molecule is CCc1ccc(-n2[nH]c3c(cnc4ccc(N5CCNCC5)cc43)c2=O)cc1. The maximum absolute atomic E-state index is 13.0. The van der Waals surface area contributed by atoms with Crippen LogP contribution < -0.4 is 15.8 Å². The van der Waals surface area contributed by atoms with Crippen LogP contribution in [0.5, 0.6) is 0 Å². The maximum Gasteiger partial charge on any atom is 0.280 e. The molecule has 1 aliphatic rings. The van der Waals surface area contributed by atoms with Crippen molar-refractivity contribution in [2.24, 2.45) is 0 Å². The molecule has 6 heteroatoms. The Balaban J connectivity index is 1.67. The molecule has 0 atom stereocenters. The van der Waals surface area contributed by atoms with Gasteiger partial charge in [-0.05, 0) is 42.3 Å². The second-order valence-electron chi connectivity index (χ2n) is 7.26. The third-order valence-electron chi connectivity index (χ3n) is 5.59. The van der Waals surface area contributed by atoms with E-state index in [9.17, 15) is 4.79 Å². The molecule has 1 fully saturated rings. The molecular weight excluding hydrogens is 350 g/mol. The van der Waals surface area contributed by atoms with Crippen molar-refractivity contribution in [3.63, 3.8) is 0 Å². The van der Waals surface area contributed by atoms with Crippen LogP contribution in [0.4, 0.5) is 5.69 Å². The molecule has 2 N–H and O–H groups in total. The lowest BCUT2D eigenvalue weighted by molar-refractivity contribution is 0.589. The third kappa shape index (κ3) is 2.77. The van der Waals surface area contributed by atoms with Gasteiger partial charge in [-0.25, -0.2) is 4.68 Å². The molecule has 5 rings (SSSR count). The summed E-state index contributed by atoms with van der Waals surface area (Å²) in [7, 11) is 0. The van der Waals surface area contributed by atoms with E-state index >= 15 is 0 Å². The lowest BCUT2D eigenvalue weighted by Gasteiger charge is -2.29. The van der Waals surface area contributed by atoms with Gasteiger partial charge in [0.05, 0.1) is 22.1 Å². The number of H-pyrrole nitrogens is 1. The quantitative estimate of drug-likeness (QED) is 0.580. The van der Waals surface area contributed by atoms with Crippen LogP contribution in [0.3, 0.4) is 0 Å². The summed E-state index contributed by atoms with van der Waals surface area (Å²) >= 11 is 0. The van der Waals surface area contributed by atoms with Crippen LogP contribution in [0.2, 0.25) is 0 Å². The fourth-order valence-electron chi connectivity index (χ4n) is 3.93. The maximum atomic E-state index is 13.0. The molecule has 0 spiro atoms. The van der Waals surface area contributed by atoms with E-state index in [1.807, 2.05) is 18.2 Å².